The molecule has 0 bridgehead atoms. The van der Waals surface area contributed by atoms with Crippen molar-refractivity contribution >= 4 is 51.7 Å². The van der Waals surface area contributed by atoms with Crippen LogP contribution in [0.25, 0.3) is 0 Å². The Morgan fingerprint density at radius 3 is 2.76 bits per heavy atom. The van der Waals surface area contributed by atoms with Crippen molar-refractivity contribution in [2.24, 2.45) is 0 Å². The molecule has 0 aliphatic rings. The number of carbonyl (C=O) groups is 1. The lowest BCUT2D eigenvalue weighted by atomic mass is 10.2. The molecule has 1 amide bonds. The summed E-state index contributed by atoms with van der Waals surface area (Å²) in [5, 5.41) is 12.7. The molecule has 0 aromatic heterocycles. The van der Waals surface area contributed by atoms with Crippen LogP contribution in [0.5, 0.6) is 0 Å². The Labute approximate surface area is 124 Å². The van der Waals surface area contributed by atoms with Gasteiger partial charge in [0, 0.05) is 15.1 Å². The quantitative estimate of drug-likeness (QED) is 0.616. The van der Waals surface area contributed by atoms with E-state index in [1.54, 1.807) is 19.1 Å². The second kappa shape index (κ2) is 6.78. The monoisotopic (exact) mass is 387 g/mol. The van der Waals surface area contributed by atoms with Gasteiger partial charge < -0.3 is 10.4 Å². The molecule has 0 radical (unpaired) electrons. The molecule has 94 valence electrons. The summed E-state index contributed by atoms with van der Waals surface area (Å²) in [6, 6.07) is 3.17. The normalized spacial score (nSPS) is 12.3. The fourth-order valence-electron chi connectivity index (χ4n) is 1.21. The molecule has 1 rings (SSSR count). The molecule has 0 fully saturated rings. The molecule has 2 N–H and O–H groups in total. The highest BCUT2D eigenvalue weighted by Gasteiger charge is 2.13. The highest BCUT2D eigenvalue weighted by atomic mass is 127. The fourth-order valence-corrected chi connectivity index (χ4v) is 2.26. The minimum absolute atomic E-state index is 0.237. The molecule has 1 atom stereocenters. The Hall–Kier alpha value is -0.0400. The Bertz CT molecular complexity index is 424. The van der Waals surface area contributed by atoms with E-state index in [0.717, 1.165) is 0 Å². The SMILES string of the molecule is CC(O)CCNC(=O)c1cc(Cl)cc(Cl)c1I. The number of amides is 1. The number of hydrogen-bond donors (Lipinski definition) is 2. The van der Waals surface area contributed by atoms with Crippen molar-refractivity contribution in [3.05, 3.63) is 31.3 Å². The maximum absolute atomic E-state index is 11.8. The van der Waals surface area contributed by atoms with Crippen molar-refractivity contribution in [3.63, 3.8) is 0 Å². The highest BCUT2D eigenvalue weighted by Crippen LogP contribution is 2.26. The van der Waals surface area contributed by atoms with Gasteiger partial charge in [0.05, 0.1) is 16.7 Å². The molecule has 0 saturated carbocycles. The van der Waals surface area contributed by atoms with Crippen LogP contribution in [0.15, 0.2) is 12.1 Å². The van der Waals surface area contributed by atoms with Gasteiger partial charge in [-0.3, -0.25) is 4.79 Å². The first-order chi connectivity index (χ1) is 7.91. The van der Waals surface area contributed by atoms with Crippen molar-refractivity contribution in [2.45, 2.75) is 19.4 Å². The van der Waals surface area contributed by atoms with E-state index in [1.807, 2.05) is 22.6 Å². The Morgan fingerprint density at radius 1 is 1.53 bits per heavy atom. The van der Waals surface area contributed by atoms with E-state index in [0.29, 0.717) is 32.1 Å². The summed E-state index contributed by atoms with van der Waals surface area (Å²) in [7, 11) is 0. The molecular formula is C11H12Cl2INO2. The van der Waals surface area contributed by atoms with Crippen LogP contribution < -0.4 is 5.32 Å². The van der Waals surface area contributed by atoms with Crippen LogP contribution in [0.2, 0.25) is 10.0 Å². The van der Waals surface area contributed by atoms with Crippen LogP contribution in [-0.4, -0.2) is 23.7 Å². The van der Waals surface area contributed by atoms with Gasteiger partial charge in [0.1, 0.15) is 0 Å². The number of benzene rings is 1. The lowest BCUT2D eigenvalue weighted by Gasteiger charge is -2.09. The lowest BCUT2D eigenvalue weighted by molar-refractivity contribution is 0.0944. The highest BCUT2D eigenvalue weighted by molar-refractivity contribution is 14.1. The maximum atomic E-state index is 11.8. The van der Waals surface area contributed by atoms with E-state index in [2.05, 4.69) is 5.32 Å². The Morgan fingerprint density at radius 2 is 2.18 bits per heavy atom. The van der Waals surface area contributed by atoms with Crippen molar-refractivity contribution in [2.75, 3.05) is 6.54 Å². The summed E-state index contributed by atoms with van der Waals surface area (Å²) in [6.45, 7) is 2.09. The van der Waals surface area contributed by atoms with Gasteiger partial charge in [0.15, 0.2) is 0 Å². The van der Waals surface area contributed by atoms with Crippen LogP contribution >= 0.6 is 45.8 Å². The van der Waals surface area contributed by atoms with Crippen molar-refractivity contribution < 1.29 is 9.90 Å². The molecule has 0 heterocycles. The van der Waals surface area contributed by atoms with Crippen LogP contribution in [-0.2, 0) is 0 Å². The first kappa shape index (κ1) is 15.0. The molecule has 6 heteroatoms. The third-order valence-corrected chi connectivity index (χ3v) is 4.08. The average molecular weight is 388 g/mol. The Kier molecular flexibility index (Phi) is 5.99. The molecule has 17 heavy (non-hydrogen) atoms. The summed E-state index contributed by atoms with van der Waals surface area (Å²) in [6.07, 6.45) is 0.0775. The summed E-state index contributed by atoms with van der Waals surface area (Å²) in [4.78, 5) is 11.8. The van der Waals surface area contributed by atoms with Crippen LogP contribution in [0.3, 0.4) is 0 Å². The molecule has 0 saturated heterocycles. The zero-order valence-electron chi connectivity index (χ0n) is 9.14. The molecule has 0 aliphatic carbocycles. The summed E-state index contributed by atoms with van der Waals surface area (Å²) >= 11 is 13.8. The predicted molar refractivity (Wildman–Crippen MR) is 77.8 cm³/mol. The number of aliphatic hydroxyl groups is 1. The van der Waals surface area contributed by atoms with E-state index in [4.69, 9.17) is 28.3 Å². The zero-order valence-corrected chi connectivity index (χ0v) is 12.8. The van der Waals surface area contributed by atoms with Crippen LogP contribution in [0, 0.1) is 3.57 Å². The fraction of sp³-hybridized carbons (Fsp3) is 0.364. The van der Waals surface area contributed by atoms with Gasteiger partial charge in [0.25, 0.3) is 5.91 Å². The van der Waals surface area contributed by atoms with Crippen LogP contribution in [0.4, 0.5) is 0 Å². The number of nitrogens with one attached hydrogen (secondary N) is 1. The second-order valence-corrected chi connectivity index (χ2v) is 5.57. The largest absolute Gasteiger partial charge is 0.393 e. The smallest absolute Gasteiger partial charge is 0.252 e. The zero-order chi connectivity index (χ0) is 13.0. The van der Waals surface area contributed by atoms with Crippen molar-refractivity contribution in [3.8, 4) is 0 Å². The van der Waals surface area contributed by atoms with Gasteiger partial charge in [-0.2, -0.15) is 0 Å². The van der Waals surface area contributed by atoms with Crippen molar-refractivity contribution in [1.82, 2.24) is 5.32 Å². The lowest BCUT2D eigenvalue weighted by Crippen LogP contribution is -2.27. The topological polar surface area (TPSA) is 49.3 Å². The van der Waals surface area contributed by atoms with E-state index in [1.165, 1.54) is 0 Å². The molecule has 1 aromatic rings. The van der Waals surface area contributed by atoms with Gasteiger partial charge in [-0.25, -0.2) is 0 Å². The number of aliphatic hydroxyl groups excluding tert-OH is 1. The van der Waals surface area contributed by atoms with E-state index in [9.17, 15) is 4.79 Å². The third kappa shape index (κ3) is 4.62. The molecule has 0 aliphatic heterocycles. The standard InChI is InChI=1S/C11H12Cl2INO2/c1-6(16)2-3-15-11(17)8-4-7(12)5-9(13)10(8)14/h4-6,16H,2-3H2,1H3,(H,15,17). The second-order valence-electron chi connectivity index (χ2n) is 3.64. The third-order valence-electron chi connectivity index (χ3n) is 2.09. The van der Waals surface area contributed by atoms with Gasteiger partial charge in [-0.1, -0.05) is 23.2 Å². The molecule has 1 unspecified atom stereocenters. The number of rotatable bonds is 4. The maximum Gasteiger partial charge on any atom is 0.252 e. The van der Waals surface area contributed by atoms with E-state index in [-0.39, 0.29) is 5.91 Å². The van der Waals surface area contributed by atoms with Gasteiger partial charge in [-0.15, -0.1) is 0 Å². The van der Waals surface area contributed by atoms with Gasteiger partial charge >= 0.3 is 0 Å². The van der Waals surface area contributed by atoms with Gasteiger partial charge in [0.2, 0.25) is 0 Å². The molecule has 0 spiro atoms. The number of halogens is 3. The molecule has 3 nitrogen and oxygen atoms in total. The first-order valence-corrected chi connectivity index (χ1v) is 6.86. The molecule has 1 aromatic carbocycles. The first-order valence-electron chi connectivity index (χ1n) is 5.02. The Balaban J connectivity index is 2.75. The van der Waals surface area contributed by atoms with Crippen molar-refractivity contribution in [1.29, 1.82) is 0 Å². The predicted octanol–water partition coefficient (Wildman–Crippen LogP) is 3.10. The summed E-state index contributed by atoms with van der Waals surface area (Å²) in [5.41, 5.74) is 0.452. The van der Waals surface area contributed by atoms with Crippen LogP contribution in [0.1, 0.15) is 23.7 Å². The van der Waals surface area contributed by atoms with E-state index >= 15 is 0 Å². The number of carbonyl (C=O) groups excluding carboxylic acids is 1. The summed E-state index contributed by atoms with van der Waals surface area (Å²) in [5.74, 6) is -0.237. The average Bonchev–Trinajstić information content (AvgIpc) is 2.22. The minimum Gasteiger partial charge on any atom is -0.393 e. The summed E-state index contributed by atoms with van der Waals surface area (Å²) < 4.78 is 0.670. The minimum atomic E-state index is -0.433. The van der Waals surface area contributed by atoms with E-state index < -0.39 is 6.10 Å². The molecular weight excluding hydrogens is 376 g/mol. The van der Waals surface area contributed by atoms with Gasteiger partial charge in [-0.05, 0) is 48.1 Å². The number of hydrogen-bond acceptors (Lipinski definition) is 2.